The van der Waals surface area contributed by atoms with Gasteiger partial charge in [0.15, 0.2) is 0 Å². The van der Waals surface area contributed by atoms with E-state index in [-0.39, 0.29) is 0 Å². The molecule has 0 heterocycles. The van der Waals surface area contributed by atoms with E-state index >= 15 is 0 Å². The Labute approximate surface area is 98.5 Å². The molecule has 1 unspecified atom stereocenters. The van der Waals surface area contributed by atoms with Gasteiger partial charge >= 0.3 is 0 Å². The van der Waals surface area contributed by atoms with E-state index in [1.54, 1.807) is 18.2 Å². The number of amides is 1. The van der Waals surface area contributed by atoms with Crippen molar-refractivity contribution in [3.05, 3.63) is 28.2 Å². The maximum Gasteiger partial charge on any atom is 0.239 e. The minimum absolute atomic E-state index is 0.402. The SMILES string of the molecule is CCC(Nc1cccc(Cl)c1Cl)C(N)=O. The monoisotopic (exact) mass is 246 g/mol. The molecule has 0 aliphatic rings. The highest BCUT2D eigenvalue weighted by atomic mass is 35.5. The number of benzene rings is 1. The lowest BCUT2D eigenvalue weighted by Gasteiger charge is -2.16. The molecule has 1 aromatic carbocycles. The van der Waals surface area contributed by atoms with Crippen molar-refractivity contribution in [2.75, 3.05) is 5.32 Å². The lowest BCUT2D eigenvalue weighted by atomic mass is 10.2. The normalized spacial score (nSPS) is 12.2. The second-order valence-corrected chi connectivity index (χ2v) is 3.89. The number of nitrogens with one attached hydrogen (secondary N) is 1. The molecule has 1 aromatic rings. The molecule has 0 aliphatic carbocycles. The van der Waals surface area contributed by atoms with E-state index in [1.165, 1.54) is 0 Å². The number of anilines is 1. The molecule has 5 heteroatoms. The Hall–Kier alpha value is -0.930. The molecule has 1 rings (SSSR count). The first kappa shape index (κ1) is 12.1. The Morgan fingerprint density at radius 2 is 2.20 bits per heavy atom. The van der Waals surface area contributed by atoms with Gasteiger partial charge in [0, 0.05) is 0 Å². The van der Waals surface area contributed by atoms with Gasteiger partial charge in [0.05, 0.1) is 15.7 Å². The van der Waals surface area contributed by atoms with Crippen molar-refractivity contribution >= 4 is 34.8 Å². The van der Waals surface area contributed by atoms with E-state index in [9.17, 15) is 4.79 Å². The maximum absolute atomic E-state index is 11.0. The molecule has 0 saturated heterocycles. The third kappa shape index (κ3) is 3.01. The molecule has 0 aliphatic heterocycles. The number of primary amides is 1. The fraction of sp³-hybridized carbons (Fsp3) is 0.300. The van der Waals surface area contributed by atoms with Gasteiger partial charge in [-0.3, -0.25) is 4.79 Å². The molecule has 15 heavy (non-hydrogen) atoms. The van der Waals surface area contributed by atoms with E-state index < -0.39 is 11.9 Å². The summed E-state index contributed by atoms with van der Waals surface area (Å²) in [7, 11) is 0. The lowest BCUT2D eigenvalue weighted by molar-refractivity contribution is -0.118. The van der Waals surface area contributed by atoms with E-state index in [1.807, 2.05) is 6.92 Å². The molecule has 0 saturated carbocycles. The molecule has 0 fully saturated rings. The quantitative estimate of drug-likeness (QED) is 0.859. The zero-order valence-corrected chi connectivity index (χ0v) is 9.77. The van der Waals surface area contributed by atoms with Crippen LogP contribution >= 0.6 is 23.2 Å². The first-order valence-electron chi connectivity index (χ1n) is 4.56. The van der Waals surface area contributed by atoms with Crippen LogP contribution in [-0.4, -0.2) is 11.9 Å². The van der Waals surface area contributed by atoms with E-state index in [2.05, 4.69) is 5.32 Å². The number of hydrogen-bond acceptors (Lipinski definition) is 2. The van der Waals surface area contributed by atoms with Crippen molar-refractivity contribution in [1.29, 1.82) is 0 Å². The zero-order chi connectivity index (χ0) is 11.4. The first-order valence-corrected chi connectivity index (χ1v) is 5.31. The average molecular weight is 247 g/mol. The third-order valence-electron chi connectivity index (χ3n) is 2.03. The molecular formula is C10H12Cl2N2O. The van der Waals surface area contributed by atoms with Crippen molar-refractivity contribution < 1.29 is 4.79 Å². The van der Waals surface area contributed by atoms with Gasteiger partial charge in [-0.2, -0.15) is 0 Å². The van der Waals surface area contributed by atoms with Crippen LogP contribution in [0.25, 0.3) is 0 Å². The van der Waals surface area contributed by atoms with Gasteiger partial charge in [0.25, 0.3) is 0 Å². The van der Waals surface area contributed by atoms with Crippen molar-refractivity contribution in [3.8, 4) is 0 Å². The second kappa shape index (κ2) is 5.24. The van der Waals surface area contributed by atoms with Crippen molar-refractivity contribution in [2.24, 2.45) is 5.73 Å². The highest BCUT2D eigenvalue weighted by Gasteiger charge is 2.14. The minimum atomic E-state index is -0.430. The molecule has 82 valence electrons. The van der Waals surface area contributed by atoms with Crippen LogP contribution in [0.15, 0.2) is 18.2 Å². The predicted octanol–water partition coefficient (Wildman–Crippen LogP) is 2.67. The minimum Gasteiger partial charge on any atom is -0.372 e. The largest absolute Gasteiger partial charge is 0.372 e. The summed E-state index contributed by atoms with van der Waals surface area (Å²) >= 11 is 11.8. The van der Waals surface area contributed by atoms with Gasteiger partial charge in [-0.15, -0.1) is 0 Å². The van der Waals surface area contributed by atoms with Crippen LogP contribution in [0.2, 0.25) is 10.0 Å². The fourth-order valence-electron chi connectivity index (χ4n) is 1.18. The van der Waals surface area contributed by atoms with E-state index in [0.29, 0.717) is 22.2 Å². The van der Waals surface area contributed by atoms with Gasteiger partial charge in [-0.05, 0) is 18.6 Å². The average Bonchev–Trinajstić information content (AvgIpc) is 2.19. The summed E-state index contributed by atoms with van der Waals surface area (Å²) in [5.74, 6) is -0.409. The molecule has 0 spiro atoms. The van der Waals surface area contributed by atoms with E-state index in [0.717, 1.165) is 0 Å². The fourth-order valence-corrected chi connectivity index (χ4v) is 1.53. The maximum atomic E-state index is 11.0. The summed E-state index contributed by atoms with van der Waals surface area (Å²) in [6.45, 7) is 1.86. The van der Waals surface area contributed by atoms with Gasteiger partial charge < -0.3 is 11.1 Å². The van der Waals surface area contributed by atoms with Crippen molar-refractivity contribution in [1.82, 2.24) is 0 Å². The van der Waals surface area contributed by atoms with Crippen LogP contribution in [0.1, 0.15) is 13.3 Å². The van der Waals surface area contributed by atoms with Crippen LogP contribution in [0.5, 0.6) is 0 Å². The Morgan fingerprint density at radius 3 is 2.73 bits per heavy atom. The summed E-state index contributed by atoms with van der Waals surface area (Å²) in [5.41, 5.74) is 5.83. The Bertz CT molecular complexity index is 368. The van der Waals surface area contributed by atoms with Gasteiger partial charge in [0.2, 0.25) is 5.91 Å². The number of nitrogens with two attached hydrogens (primary N) is 1. The zero-order valence-electron chi connectivity index (χ0n) is 8.26. The lowest BCUT2D eigenvalue weighted by Crippen LogP contribution is -2.34. The standard InChI is InChI=1S/C10H12Cl2N2O/c1-2-7(10(13)15)14-8-5-3-4-6(11)9(8)12/h3-5,7,14H,2H2,1H3,(H2,13,15). The number of halogens is 2. The topological polar surface area (TPSA) is 55.1 Å². The molecule has 1 amide bonds. The van der Waals surface area contributed by atoms with Crippen LogP contribution in [0.4, 0.5) is 5.69 Å². The van der Waals surface area contributed by atoms with Crippen LogP contribution in [0, 0.1) is 0 Å². The highest BCUT2D eigenvalue weighted by Crippen LogP contribution is 2.30. The molecule has 3 N–H and O–H groups in total. The predicted molar refractivity (Wildman–Crippen MR) is 63.4 cm³/mol. The smallest absolute Gasteiger partial charge is 0.239 e. The third-order valence-corrected chi connectivity index (χ3v) is 2.85. The van der Waals surface area contributed by atoms with Crippen molar-refractivity contribution in [3.63, 3.8) is 0 Å². The number of carbonyl (C=O) groups is 1. The Kier molecular flexibility index (Phi) is 4.24. The number of hydrogen-bond donors (Lipinski definition) is 2. The number of rotatable bonds is 4. The van der Waals surface area contributed by atoms with Crippen LogP contribution in [0.3, 0.4) is 0 Å². The summed E-state index contributed by atoms with van der Waals surface area (Å²) in [4.78, 5) is 11.0. The van der Waals surface area contributed by atoms with Crippen molar-refractivity contribution in [2.45, 2.75) is 19.4 Å². The molecule has 0 bridgehead atoms. The summed E-state index contributed by atoms with van der Waals surface area (Å²) in [6.07, 6.45) is 0.595. The summed E-state index contributed by atoms with van der Waals surface area (Å²) < 4.78 is 0. The highest BCUT2D eigenvalue weighted by molar-refractivity contribution is 6.43. The Balaban J connectivity index is 2.88. The number of carbonyl (C=O) groups excluding carboxylic acids is 1. The first-order chi connectivity index (χ1) is 7.06. The molecule has 0 aromatic heterocycles. The van der Waals surface area contributed by atoms with Crippen LogP contribution < -0.4 is 11.1 Å². The van der Waals surface area contributed by atoms with Gasteiger partial charge in [-0.25, -0.2) is 0 Å². The molecular weight excluding hydrogens is 235 g/mol. The van der Waals surface area contributed by atoms with E-state index in [4.69, 9.17) is 28.9 Å². The molecule has 0 radical (unpaired) electrons. The molecule has 3 nitrogen and oxygen atoms in total. The summed E-state index contributed by atoms with van der Waals surface area (Å²) in [5, 5.41) is 3.79. The van der Waals surface area contributed by atoms with Gasteiger partial charge in [-0.1, -0.05) is 36.2 Å². The summed E-state index contributed by atoms with van der Waals surface area (Å²) in [6, 6.07) is 4.76. The molecule has 1 atom stereocenters. The second-order valence-electron chi connectivity index (χ2n) is 3.11. The Morgan fingerprint density at radius 1 is 1.53 bits per heavy atom. The van der Waals surface area contributed by atoms with Gasteiger partial charge in [0.1, 0.15) is 6.04 Å². The van der Waals surface area contributed by atoms with Crippen LogP contribution in [-0.2, 0) is 4.79 Å².